The average Bonchev–Trinajstić information content (AvgIpc) is 2.45. The maximum atomic E-state index is 11.4. The van der Waals surface area contributed by atoms with Crippen LogP contribution in [-0.4, -0.2) is 44.1 Å². The van der Waals surface area contributed by atoms with Crippen LogP contribution < -0.4 is 9.64 Å². The van der Waals surface area contributed by atoms with E-state index in [1.165, 1.54) is 11.3 Å². The Morgan fingerprint density at radius 2 is 1.76 bits per heavy atom. The molecule has 1 aliphatic heterocycles. The lowest BCUT2D eigenvalue weighted by molar-refractivity contribution is -0.129. The highest BCUT2D eigenvalue weighted by Gasteiger charge is 2.22. The van der Waals surface area contributed by atoms with E-state index in [9.17, 15) is 4.79 Å². The Kier molecular flexibility index (Phi) is 4.45. The molecule has 1 aromatic rings. The topological polar surface area (TPSA) is 32.8 Å². The third kappa shape index (κ3) is 3.49. The molecule has 1 fully saturated rings. The molecule has 0 saturated carbocycles. The van der Waals surface area contributed by atoms with Crippen LogP contribution in [0.15, 0.2) is 18.2 Å². The minimum Gasteiger partial charge on any atom is -0.496 e. The minimum absolute atomic E-state index is 0.0667. The Labute approximate surface area is 127 Å². The second kappa shape index (κ2) is 5.96. The van der Waals surface area contributed by atoms with Crippen molar-refractivity contribution in [1.82, 2.24) is 4.90 Å². The maximum absolute atomic E-state index is 11.4. The lowest BCUT2D eigenvalue weighted by Gasteiger charge is -2.36. The highest BCUT2D eigenvalue weighted by molar-refractivity contribution is 5.73. The van der Waals surface area contributed by atoms with Crippen LogP contribution in [0.25, 0.3) is 0 Å². The summed E-state index contributed by atoms with van der Waals surface area (Å²) in [5.74, 6) is 1.10. The lowest BCUT2D eigenvalue weighted by Crippen LogP contribution is -2.48. The second-order valence-corrected chi connectivity index (χ2v) is 6.63. The van der Waals surface area contributed by atoms with Gasteiger partial charge in [-0.1, -0.05) is 26.8 Å². The van der Waals surface area contributed by atoms with Crippen LogP contribution in [0.4, 0.5) is 5.69 Å². The van der Waals surface area contributed by atoms with Crippen LogP contribution in [0.1, 0.15) is 33.3 Å². The zero-order chi connectivity index (χ0) is 15.6. The van der Waals surface area contributed by atoms with Crippen molar-refractivity contribution < 1.29 is 9.53 Å². The molecule has 0 unspecified atom stereocenters. The standard InChI is InChI=1S/C17H26N2O2/c1-13(20)18-8-10-19(11-9-18)14-6-7-15(17(2,3)4)16(12-14)21-5/h6-7,12H,8-11H2,1-5H3. The van der Waals surface area contributed by atoms with Crippen molar-refractivity contribution in [2.24, 2.45) is 0 Å². The number of amides is 1. The van der Waals surface area contributed by atoms with Gasteiger partial charge in [0.25, 0.3) is 0 Å². The van der Waals surface area contributed by atoms with Crippen LogP contribution in [-0.2, 0) is 10.2 Å². The van der Waals surface area contributed by atoms with Gasteiger partial charge < -0.3 is 14.5 Å². The summed E-state index contributed by atoms with van der Waals surface area (Å²) in [7, 11) is 1.72. The lowest BCUT2D eigenvalue weighted by atomic mass is 9.86. The van der Waals surface area contributed by atoms with Gasteiger partial charge in [0.1, 0.15) is 5.75 Å². The first-order chi connectivity index (χ1) is 9.82. The van der Waals surface area contributed by atoms with E-state index in [1.54, 1.807) is 14.0 Å². The zero-order valence-electron chi connectivity index (χ0n) is 13.8. The third-order valence-electron chi connectivity index (χ3n) is 4.08. The minimum atomic E-state index is 0.0667. The predicted octanol–water partition coefficient (Wildman–Crippen LogP) is 2.66. The Morgan fingerprint density at radius 3 is 2.24 bits per heavy atom. The first kappa shape index (κ1) is 15.7. The molecule has 0 atom stereocenters. The number of carbonyl (C=O) groups is 1. The smallest absolute Gasteiger partial charge is 0.219 e. The van der Waals surface area contributed by atoms with E-state index in [4.69, 9.17) is 4.74 Å². The van der Waals surface area contributed by atoms with Gasteiger partial charge in [0, 0.05) is 44.9 Å². The van der Waals surface area contributed by atoms with Crippen LogP contribution in [0.3, 0.4) is 0 Å². The number of hydrogen-bond donors (Lipinski definition) is 0. The number of ether oxygens (including phenoxy) is 1. The molecular formula is C17H26N2O2. The molecule has 116 valence electrons. The number of hydrogen-bond acceptors (Lipinski definition) is 3. The molecule has 1 aliphatic rings. The molecule has 0 N–H and O–H groups in total. The molecule has 4 nitrogen and oxygen atoms in total. The van der Waals surface area contributed by atoms with Gasteiger partial charge in [-0.3, -0.25) is 4.79 Å². The van der Waals surface area contributed by atoms with Crippen molar-refractivity contribution in [1.29, 1.82) is 0 Å². The Morgan fingerprint density at radius 1 is 1.14 bits per heavy atom. The number of rotatable bonds is 2. The summed E-state index contributed by atoms with van der Waals surface area (Å²) in [5, 5.41) is 0. The van der Waals surface area contributed by atoms with E-state index >= 15 is 0 Å². The Hall–Kier alpha value is -1.71. The second-order valence-electron chi connectivity index (χ2n) is 6.63. The molecule has 0 aromatic heterocycles. The van der Waals surface area contributed by atoms with E-state index in [1.807, 2.05) is 4.90 Å². The fourth-order valence-electron chi connectivity index (χ4n) is 2.78. The normalized spacial score (nSPS) is 16.0. The molecule has 0 bridgehead atoms. The van der Waals surface area contributed by atoms with Crippen molar-refractivity contribution >= 4 is 11.6 Å². The molecule has 2 rings (SSSR count). The van der Waals surface area contributed by atoms with E-state index < -0.39 is 0 Å². The van der Waals surface area contributed by atoms with Gasteiger partial charge in [-0.05, 0) is 17.0 Å². The third-order valence-corrected chi connectivity index (χ3v) is 4.08. The number of anilines is 1. The molecule has 1 saturated heterocycles. The van der Waals surface area contributed by atoms with E-state index in [0.717, 1.165) is 31.9 Å². The number of carbonyl (C=O) groups excluding carboxylic acids is 1. The van der Waals surface area contributed by atoms with E-state index in [0.29, 0.717) is 0 Å². The molecule has 1 amide bonds. The number of methoxy groups -OCH3 is 1. The summed E-state index contributed by atoms with van der Waals surface area (Å²) < 4.78 is 5.57. The molecular weight excluding hydrogens is 264 g/mol. The summed E-state index contributed by atoms with van der Waals surface area (Å²) in [6, 6.07) is 6.43. The maximum Gasteiger partial charge on any atom is 0.219 e. The monoisotopic (exact) mass is 290 g/mol. The van der Waals surface area contributed by atoms with Gasteiger partial charge in [0.15, 0.2) is 0 Å². The first-order valence-electron chi connectivity index (χ1n) is 7.52. The molecule has 21 heavy (non-hydrogen) atoms. The predicted molar refractivity (Wildman–Crippen MR) is 86.2 cm³/mol. The largest absolute Gasteiger partial charge is 0.496 e. The van der Waals surface area contributed by atoms with Crippen molar-refractivity contribution in [2.45, 2.75) is 33.1 Å². The highest BCUT2D eigenvalue weighted by atomic mass is 16.5. The van der Waals surface area contributed by atoms with Gasteiger partial charge in [-0.15, -0.1) is 0 Å². The molecule has 1 aromatic carbocycles. The Balaban J connectivity index is 2.17. The average molecular weight is 290 g/mol. The number of benzene rings is 1. The summed E-state index contributed by atoms with van der Waals surface area (Å²) in [6.07, 6.45) is 0. The molecule has 4 heteroatoms. The van der Waals surface area contributed by atoms with Crippen LogP contribution in [0.5, 0.6) is 5.75 Å². The van der Waals surface area contributed by atoms with Gasteiger partial charge in [-0.25, -0.2) is 0 Å². The van der Waals surface area contributed by atoms with E-state index in [-0.39, 0.29) is 11.3 Å². The first-order valence-corrected chi connectivity index (χ1v) is 7.52. The van der Waals surface area contributed by atoms with E-state index in [2.05, 4.69) is 43.9 Å². The molecule has 0 aliphatic carbocycles. The Bertz CT molecular complexity index is 512. The van der Waals surface area contributed by atoms with Gasteiger partial charge in [-0.2, -0.15) is 0 Å². The van der Waals surface area contributed by atoms with Crippen LogP contribution in [0.2, 0.25) is 0 Å². The van der Waals surface area contributed by atoms with Gasteiger partial charge in [0.05, 0.1) is 7.11 Å². The van der Waals surface area contributed by atoms with Crippen molar-refractivity contribution in [3.05, 3.63) is 23.8 Å². The summed E-state index contributed by atoms with van der Waals surface area (Å²) in [5.41, 5.74) is 2.45. The highest BCUT2D eigenvalue weighted by Crippen LogP contribution is 2.34. The SMILES string of the molecule is COc1cc(N2CCN(C(C)=O)CC2)ccc1C(C)(C)C. The van der Waals surface area contributed by atoms with Gasteiger partial charge >= 0.3 is 0 Å². The number of nitrogens with zero attached hydrogens (tertiary/aromatic N) is 2. The molecule has 1 heterocycles. The summed E-state index contributed by atoms with van der Waals surface area (Å²) in [6.45, 7) is 11.5. The molecule has 0 spiro atoms. The van der Waals surface area contributed by atoms with Crippen LogP contribution >= 0.6 is 0 Å². The fraction of sp³-hybridized carbons (Fsp3) is 0.588. The van der Waals surface area contributed by atoms with Crippen molar-refractivity contribution in [2.75, 3.05) is 38.2 Å². The summed E-state index contributed by atoms with van der Waals surface area (Å²) in [4.78, 5) is 15.6. The van der Waals surface area contributed by atoms with Gasteiger partial charge in [0.2, 0.25) is 5.91 Å². The fourth-order valence-corrected chi connectivity index (χ4v) is 2.78. The van der Waals surface area contributed by atoms with Crippen molar-refractivity contribution in [3.8, 4) is 5.75 Å². The zero-order valence-corrected chi connectivity index (χ0v) is 13.8. The molecule has 0 radical (unpaired) electrons. The van der Waals surface area contributed by atoms with Crippen LogP contribution in [0, 0.1) is 0 Å². The number of piperazine rings is 1. The van der Waals surface area contributed by atoms with Crippen molar-refractivity contribution in [3.63, 3.8) is 0 Å². The quantitative estimate of drug-likeness (QED) is 0.839. The summed E-state index contributed by atoms with van der Waals surface area (Å²) >= 11 is 0.